The van der Waals surface area contributed by atoms with Crippen LogP contribution >= 0.6 is 23.1 Å². The highest BCUT2D eigenvalue weighted by atomic mass is 32.2. The summed E-state index contributed by atoms with van der Waals surface area (Å²) in [5.41, 5.74) is 3.71. The molecule has 2 heterocycles. The Hall–Kier alpha value is -4.34. The van der Waals surface area contributed by atoms with E-state index < -0.39 is 5.82 Å². The van der Waals surface area contributed by atoms with Crippen molar-refractivity contribution < 1.29 is 18.8 Å². The Balaban J connectivity index is 1.13. The van der Waals surface area contributed by atoms with Crippen LogP contribution in [0.15, 0.2) is 95.3 Å². The van der Waals surface area contributed by atoms with E-state index in [-0.39, 0.29) is 23.4 Å². The Bertz CT molecular complexity index is 1700. The van der Waals surface area contributed by atoms with Crippen LogP contribution in [0.4, 0.5) is 15.8 Å². The normalized spacial score (nSPS) is 12.7. The van der Waals surface area contributed by atoms with Gasteiger partial charge in [-0.15, -0.1) is 11.3 Å². The van der Waals surface area contributed by atoms with Gasteiger partial charge in [-0.2, -0.15) is 0 Å². The number of hydrogen-bond donors (Lipinski definition) is 1. The van der Waals surface area contributed by atoms with E-state index in [1.165, 1.54) is 28.4 Å². The smallest absolute Gasteiger partial charge is 0.266 e. The van der Waals surface area contributed by atoms with E-state index in [2.05, 4.69) is 10.3 Å². The first-order valence-corrected chi connectivity index (χ1v) is 13.4. The molecule has 6 nitrogen and oxygen atoms in total. The van der Waals surface area contributed by atoms with Crippen molar-refractivity contribution in [1.29, 1.82) is 0 Å². The van der Waals surface area contributed by atoms with Crippen LogP contribution in [0, 0.1) is 5.82 Å². The molecule has 6 rings (SSSR count). The van der Waals surface area contributed by atoms with Gasteiger partial charge in [0.1, 0.15) is 5.82 Å². The first-order valence-electron chi connectivity index (χ1n) is 11.6. The first-order chi connectivity index (χ1) is 18.5. The Kier molecular flexibility index (Phi) is 6.22. The van der Waals surface area contributed by atoms with Crippen molar-refractivity contribution >= 4 is 62.4 Å². The van der Waals surface area contributed by atoms with Crippen LogP contribution < -0.4 is 10.2 Å². The SMILES string of the molecule is O=C(Nc1ccccc1F)c1ccc(CSc2nc3ccc(N4C(=O)c5ccccc5C4=O)cc3s2)cc1. The fourth-order valence-corrected chi connectivity index (χ4v) is 6.23. The molecule has 1 aliphatic rings. The molecule has 0 fully saturated rings. The number of halogens is 1. The summed E-state index contributed by atoms with van der Waals surface area (Å²) in [6, 6.07) is 25.4. The van der Waals surface area contributed by atoms with E-state index in [0.717, 1.165) is 20.1 Å². The zero-order valence-electron chi connectivity index (χ0n) is 19.7. The van der Waals surface area contributed by atoms with Crippen molar-refractivity contribution in [2.24, 2.45) is 0 Å². The number of fused-ring (bicyclic) bond motifs is 2. The van der Waals surface area contributed by atoms with Crippen molar-refractivity contribution in [3.8, 4) is 0 Å². The zero-order valence-corrected chi connectivity index (χ0v) is 21.3. The van der Waals surface area contributed by atoms with Gasteiger partial charge >= 0.3 is 0 Å². The van der Waals surface area contributed by atoms with Gasteiger partial charge in [0.2, 0.25) is 0 Å². The molecule has 1 aliphatic heterocycles. The van der Waals surface area contributed by atoms with E-state index >= 15 is 0 Å². The summed E-state index contributed by atoms with van der Waals surface area (Å²) in [4.78, 5) is 44.0. The van der Waals surface area contributed by atoms with E-state index in [0.29, 0.717) is 28.1 Å². The topological polar surface area (TPSA) is 79.4 Å². The van der Waals surface area contributed by atoms with Gasteiger partial charge in [-0.3, -0.25) is 14.4 Å². The number of nitrogens with zero attached hydrogens (tertiary/aromatic N) is 2. The van der Waals surface area contributed by atoms with Crippen LogP contribution in [0.3, 0.4) is 0 Å². The summed E-state index contributed by atoms with van der Waals surface area (Å²) in [6.45, 7) is 0. The maximum atomic E-state index is 13.8. The number of nitrogens with one attached hydrogen (secondary N) is 1. The number of para-hydroxylation sites is 1. The van der Waals surface area contributed by atoms with Crippen molar-refractivity contribution in [2.45, 2.75) is 10.1 Å². The number of aromatic nitrogens is 1. The fraction of sp³-hybridized carbons (Fsp3) is 0.0345. The standard InChI is InChI=1S/C29H18FN3O3S2/c30-22-7-3-4-8-23(22)31-26(34)18-11-9-17(10-12-18)16-37-29-32-24-14-13-19(15-25(24)38-29)33-27(35)20-5-1-2-6-21(20)28(33)36/h1-15H,16H2,(H,31,34). The minimum absolute atomic E-state index is 0.138. The second-order valence-corrected chi connectivity index (χ2v) is 10.8. The monoisotopic (exact) mass is 539 g/mol. The largest absolute Gasteiger partial charge is 0.319 e. The molecular formula is C29H18FN3O3S2. The molecule has 38 heavy (non-hydrogen) atoms. The number of rotatable bonds is 6. The number of benzene rings is 4. The van der Waals surface area contributed by atoms with Gasteiger partial charge < -0.3 is 5.32 Å². The number of thioether (sulfide) groups is 1. The molecule has 5 aromatic rings. The van der Waals surface area contributed by atoms with Crippen LogP contribution in [-0.4, -0.2) is 22.7 Å². The summed E-state index contributed by atoms with van der Waals surface area (Å²) in [6.07, 6.45) is 0. The van der Waals surface area contributed by atoms with Crippen LogP contribution in [0.1, 0.15) is 36.6 Å². The number of hydrogen-bond acceptors (Lipinski definition) is 6. The minimum atomic E-state index is -0.486. The molecule has 1 N–H and O–H groups in total. The summed E-state index contributed by atoms with van der Waals surface area (Å²) >= 11 is 3.05. The molecule has 3 amide bonds. The Labute approximate surface area is 225 Å². The predicted molar refractivity (Wildman–Crippen MR) is 148 cm³/mol. The summed E-state index contributed by atoms with van der Waals surface area (Å²) in [5, 5.41) is 2.58. The molecule has 186 valence electrons. The highest BCUT2D eigenvalue weighted by Crippen LogP contribution is 2.35. The highest BCUT2D eigenvalue weighted by Gasteiger charge is 2.36. The van der Waals surface area contributed by atoms with Crippen LogP contribution in [0.5, 0.6) is 0 Å². The summed E-state index contributed by atoms with van der Waals surface area (Å²) in [5.74, 6) is -0.875. The number of anilines is 2. The second-order valence-electron chi connectivity index (χ2n) is 8.54. The Morgan fingerprint density at radius 1 is 0.895 bits per heavy atom. The molecular weight excluding hydrogens is 521 g/mol. The molecule has 0 spiro atoms. The van der Waals surface area contributed by atoms with Crippen LogP contribution in [0.25, 0.3) is 10.2 Å². The van der Waals surface area contributed by atoms with Crippen molar-refractivity contribution in [1.82, 2.24) is 4.98 Å². The molecule has 0 saturated carbocycles. The number of carbonyl (C=O) groups excluding carboxylic acids is 3. The average Bonchev–Trinajstić information content (AvgIpc) is 3.46. The van der Waals surface area contributed by atoms with Crippen molar-refractivity contribution in [3.63, 3.8) is 0 Å². The average molecular weight is 540 g/mol. The maximum absolute atomic E-state index is 13.8. The molecule has 4 aromatic carbocycles. The third-order valence-corrected chi connectivity index (χ3v) is 8.34. The molecule has 9 heteroatoms. The van der Waals surface area contributed by atoms with Gasteiger partial charge in [-0.1, -0.05) is 48.2 Å². The number of carbonyl (C=O) groups is 3. The minimum Gasteiger partial charge on any atom is -0.319 e. The summed E-state index contributed by atoms with van der Waals surface area (Å²) in [7, 11) is 0. The van der Waals surface area contributed by atoms with Crippen LogP contribution in [0.2, 0.25) is 0 Å². The van der Waals surface area contributed by atoms with E-state index in [9.17, 15) is 18.8 Å². The number of imide groups is 1. The lowest BCUT2D eigenvalue weighted by atomic mass is 10.1. The van der Waals surface area contributed by atoms with Gasteiger partial charge in [0, 0.05) is 11.3 Å². The Morgan fingerprint density at radius 3 is 2.29 bits per heavy atom. The zero-order chi connectivity index (χ0) is 26.2. The van der Waals surface area contributed by atoms with Gasteiger partial charge in [-0.25, -0.2) is 14.3 Å². The van der Waals surface area contributed by atoms with E-state index in [1.807, 2.05) is 24.3 Å². The molecule has 0 aliphatic carbocycles. The van der Waals surface area contributed by atoms with Gasteiger partial charge in [0.25, 0.3) is 17.7 Å². The van der Waals surface area contributed by atoms with Gasteiger partial charge in [-0.05, 0) is 60.2 Å². The molecule has 0 bridgehead atoms. The van der Waals surface area contributed by atoms with E-state index in [4.69, 9.17) is 0 Å². The summed E-state index contributed by atoms with van der Waals surface area (Å²) < 4.78 is 15.5. The molecule has 0 atom stereocenters. The molecule has 0 saturated heterocycles. The molecule has 0 unspecified atom stereocenters. The molecule has 1 aromatic heterocycles. The lowest BCUT2D eigenvalue weighted by Gasteiger charge is -2.13. The van der Waals surface area contributed by atoms with Gasteiger partial charge in [0.05, 0.1) is 32.7 Å². The quantitative estimate of drug-likeness (QED) is 0.190. The molecule has 0 radical (unpaired) electrons. The lowest BCUT2D eigenvalue weighted by molar-refractivity contribution is 0.0925. The lowest BCUT2D eigenvalue weighted by Crippen LogP contribution is -2.29. The third kappa shape index (κ3) is 4.46. The number of thiazole rings is 1. The third-order valence-electron chi connectivity index (χ3n) is 6.11. The first kappa shape index (κ1) is 24.0. The highest BCUT2D eigenvalue weighted by molar-refractivity contribution is 8.00. The Morgan fingerprint density at radius 2 is 1.58 bits per heavy atom. The van der Waals surface area contributed by atoms with E-state index in [1.54, 1.807) is 66.4 Å². The van der Waals surface area contributed by atoms with Crippen molar-refractivity contribution in [2.75, 3.05) is 10.2 Å². The van der Waals surface area contributed by atoms with Gasteiger partial charge in [0.15, 0.2) is 4.34 Å². The predicted octanol–water partition coefficient (Wildman–Crippen LogP) is 6.78. The van der Waals surface area contributed by atoms with Crippen molar-refractivity contribution in [3.05, 3.63) is 119 Å². The van der Waals surface area contributed by atoms with Crippen LogP contribution in [-0.2, 0) is 5.75 Å². The number of amides is 3. The maximum Gasteiger partial charge on any atom is 0.266 e. The second kappa shape index (κ2) is 9.85. The fourth-order valence-electron chi connectivity index (χ4n) is 4.17.